The number of amides is 1. The van der Waals surface area contributed by atoms with Crippen molar-refractivity contribution < 1.29 is 19.8 Å². The van der Waals surface area contributed by atoms with E-state index in [4.69, 9.17) is 5.11 Å². The van der Waals surface area contributed by atoms with Crippen LogP contribution in [0.3, 0.4) is 0 Å². The molecule has 1 unspecified atom stereocenters. The molecule has 5 nitrogen and oxygen atoms in total. The number of rotatable bonds is 11. The van der Waals surface area contributed by atoms with E-state index < -0.39 is 12.1 Å². The molecule has 1 aliphatic heterocycles. The fourth-order valence-electron chi connectivity index (χ4n) is 3.54. The largest absolute Gasteiger partial charge is 0.481 e. The summed E-state index contributed by atoms with van der Waals surface area (Å²) in [5, 5.41) is 19.1. The fourth-order valence-corrected chi connectivity index (χ4v) is 3.54. The number of nitrogens with zero attached hydrogens (tertiary/aromatic N) is 1. The van der Waals surface area contributed by atoms with Crippen molar-refractivity contribution >= 4 is 18.0 Å². The predicted octanol–water partition coefficient (Wildman–Crippen LogP) is 4.34. The molecule has 2 rings (SSSR count). The van der Waals surface area contributed by atoms with Crippen molar-refractivity contribution in [2.45, 2.75) is 64.0 Å². The summed E-state index contributed by atoms with van der Waals surface area (Å²) in [4.78, 5) is 24.6. The van der Waals surface area contributed by atoms with E-state index in [1.807, 2.05) is 54.3 Å². The number of carbonyl (C=O) groups excluding carboxylic acids is 1. The van der Waals surface area contributed by atoms with Crippen LogP contribution in [0.2, 0.25) is 0 Å². The van der Waals surface area contributed by atoms with Gasteiger partial charge in [0, 0.05) is 19.4 Å². The average molecular weight is 386 g/mol. The second kappa shape index (κ2) is 11.4. The van der Waals surface area contributed by atoms with E-state index in [1.54, 1.807) is 6.08 Å². The Morgan fingerprint density at radius 2 is 2.07 bits per heavy atom. The van der Waals surface area contributed by atoms with E-state index in [9.17, 15) is 14.7 Å². The molecular formula is C23H31NO4. The number of hydrogen-bond acceptors (Lipinski definition) is 3. The lowest BCUT2D eigenvalue weighted by molar-refractivity contribution is -0.137. The number of aliphatic carboxylic acids is 1. The number of carbonyl (C=O) groups is 2. The van der Waals surface area contributed by atoms with Gasteiger partial charge in [0.25, 0.3) is 0 Å². The zero-order valence-corrected chi connectivity index (χ0v) is 16.6. The third-order valence-corrected chi connectivity index (χ3v) is 5.04. The quantitative estimate of drug-likeness (QED) is 0.439. The van der Waals surface area contributed by atoms with Crippen LogP contribution >= 0.6 is 0 Å². The standard InChI is InChI=1S/C23H31NO4/c1-2-8-18-9-7-10-19(17-18)21(25)14-12-20-13-15-22(26)24(20)16-6-4-3-5-11-23(27)28/h2,7-10,12,14,17,20-21,25H,3-6,11,13,15-16H2,1H3,(H,27,28)/b8-2-,14-12+/t20-,21?/m0/s1. The van der Waals surface area contributed by atoms with E-state index in [2.05, 4.69) is 0 Å². The van der Waals surface area contributed by atoms with Crippen LogP contribution in [0, 0.1) is 0 Å². The first-order valence-corrected chi connectivity index (χ1v) is 10.1. The molecule has 2 N–H and O–H groups in total. The highest BCUT2D eigenvalue weighted by atomic mass is 16.4. The molecule has 0 aliphatic carbocycles. The van der Waals surface area contributed by atoms with Crippen molar-refractivity contribution in [3.8, 4) is 0 Å². The molecular weight excluding hydrogens is 354 g/mol. The Balaban J connectivity index is 1.86. The maximum absolute atomic E-state index is 12.2. The number of unbranched alkanes of at least 4 members (excludes halogenated alkanes) is 3. The van der Waals surface area contributed by atoms with Gasteiger partial charge in [-0.3, -0.25) is 9.59 Å². The van der Waals surface area contributed by atoms with Crippen molar-refractivity contribution in [2.24, 2.45) is 0 Å². The monoisotopic (exact) mass is 385 g/mol. The van der Waals surface area contributed by atoms with Gasteiger partial charge < -0.3 is 15.1 Å². The number of hydrogen-bond donors (Lipinski definition) is 2. The normalized spacial score (nSPS) is 18.4. The first-order valence-electron chi connectivity index (χ1n) is 10.1. The molecule has 2 atom stereocenters. The van der Waals surface area contributed by atoms with Gasteiger partial charge in [0.1, 0.15) is 0 Å². The Kier molecular flexibility index (Phi) is 8.95. The van der Waals surface area contributed by atoms with Gasteiger partial charge in [0.05, 0.1) is 12.1 Å². The van der Waals surface area contributed by atoms with Crippen molar-refractivity contribution in [1.29, 1.82) is 0 Å². The highest BCUT2D eigenvalue weighted by molar-refractivity contribution is 5.79. The number of aliphatic hydroxyl groups excluding tert-OH is 1. The number of benzene rings is 1. The van der Waals surface area contributed by atoms with Crippen LogP contribution in [0.1, 0.15) is 69.1 Å². The summed E-state index contributed by atoms with van der Waals surface area (Å²) in [6.45, 7) is 2.65. The lowest BCUT2D eigenvalue weighted by atomic mass is 10.0. The second-order valence-electron chi connectivity index (χ2n) is 7.25. The van der Waals surface area contributed by atoms with E-state index >= 15 is 0 Å². The van der Waals surface area contributed by atoms with Gasteiger partial charge in [-0.25, -0.2) is 0 Å². The van der Waals surface area contributed by atoms with Gasteiger partial charge in [-0.15, -0.1) is 0 Å². The summed E-state index contributed by atoms with van der Waals surface area (Å²) < 4.78 is 0. The maximum Gasteiger partial charge on any atom is 0.303 e. The number of carboxylic acid groups (broad SMARTS) is 1. The average Bonchev–Trinajstić information content (AvgIpc) is 3.02. The SMILES string of the molecule is C/C=C\c1cccc(C(O)/C=C/[C@H]2CCC(=O)N2CCCCCCC(=O)O)c1. The Morgan fingerprint density at radius 3 is 2.82 bits per heavy atom. The van der Waals surface area contributed by atoms with Crippen LogP contribution in [-0.4, -0.2) is 39.6 Å². The fraction of sp³-hybridized carbons (Fsp3) is 0.478. The first kappa shape index (κ1) is 21.9. The first-order chi connectivity index (χ1) is 13.5. The molecule has 0 saturated carbocycles. The van der Waals surface area contributed by atoms with E-state index in [-0.39, 0.29) is 18.4 Å². The lowest BCUT2D eigenvalue weighted by Gasteiger charge is -2.22. The minimum atomic E-state index is -0.755. The minimum Gasteiger partial charge on any atom is -0.481 e. The van der Waals surface area contributed by atoms with Gasteiger partial charge in [-0.1, -0.05) is 55.3 Å². The number of allylic oxidation sites excluding steroid dienone is 1. The topological polar surface area (TPSA) is 77.8 Å². The Bertz CT molecular complexity index is 710. The van der Waals surface area contributed by atoms with E-state index in [0.29, 0.717) is 19.4 Å². The van der Waals surface area contributed by atoms with Crippen molar-refractivity contribution in [3.05, 3.63) is 53.6 Å². The molecule has 0 radical (unpaired) electrons. The molecule has 0 bridgehead atoms. The summed E-state index contributed by atoms with van der Waals surface area (Å²) in [7, 11) is 0. The summed E-state index contributed by atoms with van der Waals surface area (Å²) in [5.41, 5.74) is 1.88. The molecule has 1 saturated heterocycles. The van der Waals surface area contributed by atoms with Crippen LogP contribution in [0.5, 0.6) is 0 Å². The zero-order valence-electron chi connectivity index (χ0n) is 16.6. The highest BCUT2D eigenvalue weighted by Gasteiger charge is 2.28. The van der Waals surface area contributed by atoms with E-state index in [0.717, 1.165) is 36.8 Å². The molecule has 1 aromatic rings. The van der Waals surface area contributed by atoms with E-state index in [1.165, 1.54) is 0 Å². The Labute approximate surface area is 167 Å². The molecule has 1 heterocycles. The van der Waals surface area contributed by atoms with Gasteiger partial charge in [-0.2, -0.15) is 0 Å². The molecule has 1 aliphatic rings. The van der Waals surface area contributed by atoms with Crippen LogP contribution in [0.25, 0.3) is 6.08 Å². The number of likely N-dealkylation sites (tertiary alicyclic amines) is 1. The smallest absolute Gasteiger partial charge is 0.303 e. The molecule has 5 heteroatoms. The molecule has 28 heavy (non-hydrogen) atoms. The molecule has 1 fully saturated rings. The van der Waals surface area contributed by atoms with Crippen molar-refractivity contribution in [3.63, 3.8) is 0 Å². The van der Waals surface area contributed by atoms with Crippen LogP contribution in [0.15, 0.2) is 42.5 Å². The number of carboxylic acids is 1. The van der Waals surface area contributed by atoms with Gasteiger partial charge in [0.2, 0.25) is 5.91 Å². The molecule has 0 aromatic heterocycles. The molecule has 0 spiro atoms. The van der Waals surface area contributed by atoms with Crippen LogP contribution < -0.4 is 0 Å². The Hall–Kier alpha value is -2.40. The van der Waals surface area contributed by atoms with Gasteiger partial charge in [0.15, 0.2) is 0 Å². The zero-order chi connectivity index (χ0) is 20.4. The molecule has 1 amide bonds. The predicted molar refractivity (Wildman–Crippen MR) is 111 cm³/mol. The Morgan fingerprint density at radius 1 is 1.29 bits per heavy atom. The summed E-state index contributed by atoms with van der Waals surface area (Å²) >= 11 is 0. The van der Waals surface area contributed by atoms with Crippen molar-refractivity contribution in [2.75, 3.05) is 6.54 Å². The summed E-state index contributed by atoms with van der Waals surface area (Å²) in [6.07, 6.45) is 11.9. The summed E-state index contributed by atoms with van der Waals surface area (Å²) in [6, 6.07) is 7.81. The number of aliphatic hydroxyl groups is 1. The maximum atomic E-state index is 12.2. The van der Waals surface area contributed by atoms with Crippen molar-refractivity contribution in [1.82, 2.24) is 4.90 Å². The lowest BCUT2D eigenvalue weighted by Crippen LogP contribution is -2.32. The highest BCUT2D eigenvalue weighted by Crippen LogP contribution is 2.23. The summed E-state index contributed by atoms with van der Waals surface area (Å²) in [5.74, 6) is -0.598. The molecule has 152 valence electrons. The van der Waals surface area contributed by atoms with Crippen LogP contribution in [0.4, 0.5) is 0 Å². The van der Waals surface area contributed by atoms with Crippen LogP contribution in [-0.2, 0) is 9.59 Å². The third-order valence-electron chi connectivity index (χ3n) is 5.04. The molecule has 1 aromatic carbocycles. The minimum absolute atomic E-state index is 0.0277. The second-order valence-corrected chi connectivity index (χ2v) is 7.25. The van der Waals surface area contributed by atoms with Gasteiger partial charge >= 0.3 is 5.97 Å². The van der Waals surface area contributed by atoms with Gasteiger partial charge in [-0.05, 0) is 43.4 Å². The third kappa shape index (κ3) is 6.97.